The van der Waals surface area contributed by atoms with Crippen LogP contribution in [0.5, 0.6) is 0 Å². The highest BCUT2D eigenvalue weighted by Crippen LogP contribution is 2.26. The standard InChI is InChI=1S/C23H26ClN3O4S/c1-5-31-22(28)16-13-26-27(14-16)21-12-18(24)8-11-20(21)25-15-32(29,30)19-9-6-17(7-10-19)23(2,3)4/h6-14,25H,5,15H2,1-4H3. The van der Waals surface area contributed by atoms with Crippen LogP contribution in [0.4, 0.5) is 5.69 Å². The molecular formula is C23H26ClN3O4S. The summed E-state index contributed by atoms with van der Waals surface area (Å²) in [7, 11) is -3.59. The van der Waals surface area contributed by atoms with E-state index < -0.39 is 15.8 Å². The highest BCUT2D eigenvalue weighted by atomic mass is 35.5. The normalized spacial score (nSPS) is 11.9. The number of hydrogen-bond acceptors (Lipinski definition) is 6. The number of carbonyl (C=O) groups is 1. The maximum atomic E-state index is 12.9. The van der Waals surface area contributed by atoms with E-state index in [0.29, 0.717) is 16.4 Å². The maximum absolute atomic E-state index is 12.9. The average molecular weight is 476 g/mol. The van der Waals surface area contributed by atoms with Crippen LogP contribution in [0.3, 0.4) is 0 Å². The van der Waals surface area contributed by atoms with Gasteiger partial charge in [-0.2, -0.15) is 5.10 Å². The lowest BCUT2D eigenvalue weighted by molar-refractivity contribution is 0.0526. The molecule has 7 nitrogen and oxygen atoms in total. The van der Waals surface area contributed by atoms with Gasteiger partial charge in [0.25, 0.3) is 0 Å². The summed E-state index contributed by atoms with van der Waals surface area (Å²) in [5.74, 6) is -0.806. The van der Waals surface area contributed by atoms with Gasteiger partial charge in [-0.3, -0.25) is 0 Å². The summed E-state index contributed by atoms with van der Waals surface area (Å²) in [4.78, 5) is 12.2. The Balaban J connectivity index is 1.83. The molecule has 32 heavy (non-hydrogen) atoms. The molecule has 0 atom stereocenters. The molecule has 0 saturated carbocycles. The first kappa shape index (κ1) is 23.8. The van der Waals surface area contributed by atoms with E-state index in [4.69, 9.17) is 16.3 Å². The third-order valence-electron chi connectivity index (χ3n) is 4.83. The van der Waals surface area contributed by atoms with Gasteiger partial charge in [-0.05, 0) is 48.2 Å². The summed E-state index contributed by atoms with van der Waals surface area (Å²) in [6.45, 7) is 8.19. The van der Waals surface area contributed by atoms with Crippen molar-refractivity contribution in [3.8, 4) is 5.69 Å². The number of aromatic nitrogens is 2. The number of esters is 1. The lowest BCUT2D eigenvalue weighted by atomic mass is 9.87. The first-order valence-corrected chi connectivity index (χ1v) is 12.1. The summed E-state index contributed by atoms with van der Waals surface area (Å²) in [5.41, 5.74) is 2.28. The van der Waals surface area contributed by atoms with Crippen molar-refractivity contribution in [2.45, 2.75) is 38.0 Å². The number of carbonyl (C=O) groups excluding carboxylic acids is 1. The van der Waals surface area contributed by atoms with Crippen molar-refractivity contribution in [3.05, 3.63) is 71.0 Å². The minimum Gasteiger partial charge on any atom is -0.462 e. The Bertz CT molecular complexity index is 1210. The molecule has 0 radical (unpaired) electrons. The van der Waals surface area contributed by atoms with Gasteiger partial charge in [0.1, 0.15) is 5.88 Å². The molecule has 2 aromatic carbocycles. The van der Waals surface area contributed by atoms with E-state index in [1.54, 1.807) is 37.3 Å². The third kappa shape index (κ3) is 5.49. The topological polar surface area (TPSA) is 90.3 Å². The molecule has 9 heteroatoms. The predicted molar refractivity (Wildman–Crippen MR) is 125 cm³/mol. The Morgan fingerprint density at radius 3 is 2.47 bits per heavy atom. The molecule has 0 saturated heterocycles. The first-order valence-electron chi connectivity index (χ1n) is 10.1. The van der Waals surface area contributed by atoms with Gasteiger partial charge in [0.2, 0.25) is 0 Å². The van der Waals surface area contributed by atoms with Crippen molar-refractivity contribution >= 4 is 33.1 Å². The quantitative estimate of drug-likeness (QED) is 0.491. The van der Waals surface area contributed by atoms with Crippen LogP contribution in [0, 0.1) is 0 Å². The number of rotatable bonds is 7. The van der Waals surface area contributed by atoms with Gasteiger partial charge in [0.15, 0.2) is 9.84 Å². The minimum absolute atomic E-state index is 0.0646. The highest BCUT2D eigenvalue weighted by molar-refractivity contribution is 7.91. The van der Waals surface area contributed by atoms with Crippen molar-refractivity contribution in [1.29, 1.82) is 0 Å². The van der Waals surface area contributed by atoms with Crippen molar-refractivity contribution in [2.24, 2.45) is 0 Å². The predicted octanol–water partition coefficient (Wildman–Crippen LogP) is 4.84. The second-order valence-electron chi connectivity index (χ2n) is 8.27. The van der Waals surface area contributed by atoms with Crippen molar-refractivity contribution in [1.82, 2.24) is 9.78 Å². The largest absolute Gasteiger partial charge is 0.462 e. The zero-order valence-corrected chi connectivity index (χ0v) is 20.0. The Morgan fingerprint density at radius 2 is 1.84 bits per heavy atom. The van der Waals surface area contributed by atoms with Gasteiger partial charge in [-0.25, -0.2) is 17.9 Å². The highest BCUT2D eigenvalue weighted by Gasteiger charge is 2.19. The average Bonchev–Trinajstić information content (AvgIpc) is 3.23. The maximum Gasteiger partial charge on any atom is 0.341 e. The van der Waals surface area contributed by atoms with Crippen molar-refractivity contribution in [3.63, 3.8) is 0 Å². The van der Waals surface area contributed by atoms with Gasteiger partial charge in [0.05, 0.1) is 34.6 Å². The summed E-state index contributed by atoms with van der Waals surface area (Å²) in [6, 6.07) is 11.9. The molecule has 0 unspecified atom stereocenters. The zero-order valence-electron chi connectivity index (χ0n) is 18.4. The molecule has 1 N–H and O–H groups in total. The fourth-order valence-electron chi connectivity index (χ4n) is 3.04. The molecule has 0 aliphatic rings. The van der Waals surface area contributed by atoms with E-state index in [-0.39, 0.29) is 28.4 Å². The van der Waals surface area contributed by atoms with Crippen LogP contribution < -0.4 is 5.32 Å². The number of hydrogen-bond donors (Lipinski definition) is 1. The number of nitrogens with zero attached hydrogens (tertiary/aromatic N) is 2. The molecule has 0 fully saturated rings. The number of halogens is 1. The fraction of sp³-hybridized carbons (Fsp3) is 0.304. The SMILES string of the molecule is CCOC(=O)c1cnn(-c2cc(Cl)ccc2NCS(=O)(=O)c2ccc(C(C)(C)C)cc2)c1. The molecular weight excluding hydrogens is 450 g/mol. The van der Waals surface area contributed by atoms with Crippen LogP contribution in [0.1, 0.15) is 43.6 Å². The Labute approximate surface area is 193 Å². The molecule has 0 aliphatic carbocycles. The van der Waals surface area contributed by atoms with Crippen molar-refractivity contribution < 1.29 is 17.9 Å². The van der Waals surface area contributed by atoms with Crippen LogP contribution in [0.25, 0.3) is 5.69 Å². The van der Waals surface area contributed by atoms with Crippen molar-refractivity contribution in [2.75, 3.05) is 17.8 Å². The van der Waals surface area contributed by atoms with Crippen LogP contribution in [-0.2, 0) is 20.0 Å². The molecule has 3 aromatic rings. The van der Waals surface area contributed by atoms with E-state index in [1.807, 2.05) is 12.1 Å². The Kier molecular flexibility index (Phi) is 6.95. The summed E-state index contributed by atoms with van der Waals surface area (Å²) < 4.78 is 32.2. The number of benzene rings is 2. The first-order chi connectivity index (χ1) is 15.0. The molecule has 170 valence electrons. The number of ether oxygens (including phenoxy) is 1. The summed E-state index contributed by atoms with van der Waals surface area (Å²) in [6.07, 6.45) is 2.89. The molecule has 0 amide bonds. The molecule has 1 aromatic heterocycles. The summed E-state index contributed by atoms with van der Waals surface area (Å²) >= 11 is 6.14. The number of sulfone groups is 1. The molecule has 0 aliphatic heterocycles. The van der Waals surface area contributed by atoms with E-state index in [2.05, 4.69) is 31.2 Å². The molecule has 0 spiro atoms. The molecule has 0 bridgehead atoms. The zero-order chi connectivity index (χ0) is 23.5. The fourth-order valence-corrected chi connectivity index (χ4v) is 4.27. The molecule has 1 heterocycles. The van der Waals surface area contributed by atoms with E-state index >= 15 is 0 Å². The number of anilines is 1. The van der Waals surface area contributed by atoms with Crippen LogP contribution in [0.15, 0.2) is 59.8 Å². The summed E-state index contributed by atoms with van der Waals surface area (Å²) in [5, 5.41) is 7.60. The monoisotopic (exact) mass is 475 g/mol. The Hall–Kier alpha value is -2.84. The van der Waals surface area contributed by atoms with Crippen LogP contribution in [-0.4, -0.2) is 36.7 Å². The van der Waals surface area contributed by atoms with Crippen LogP contribution >= 0.6 is 11.6 Å². The van der Waals surface area contributed by atoms with Gasteiger partial charge in [-0.1, -0.05) is 44.5 Å². The van der Waals surface area contributed by atoms with Gasteiger partial charge in [-0.15, -0.1) is 0 Å². The van der Waals surface area contributed by atoms with Gasteiger partial charge >= 0.3 is 5.97 Å². The molecule has 3 rings (SSSR count). The second-order valence-corrected chi connectivity index (χ2v) is 10.7. The van der Waals surface area contributed by atoms with Gasteiger partial charge < -0.3 is 10.1 Å². The lowest BCUT2D eigenvalue weighted by Crippen LogP contribution is -2.17. The second kappa shape index (κ2) is 9.34. The van der Waals surface area contributed by atoms with E-state index in [0.717, 1.165) is 5.56 Å². The van der Waals surface area contributed by atoms with E-state index in [9.17, 15) is 13.2 Å². The van der Waals surface area contributed by atoms with Crippen LogP contribution in [0.2, 0.25) is 5.02 Å². The smallest absolute Gasteiger partial charge is 0.341 e. The number of nitrogens with one attached hydrogen (secondary N) is 1. The Morgan fingerprint density at radius 1 is 1.16 bits per heavy atom. The van der Waals surface area contributed by atoms with Gasteiger partial charge in [0, 0.05) is 11.2 Å². The lowest BCUT2D eigenvalue weighted by Gasteiger charge is -2.19. The minimum atomic E-state index is -3.59. The van der Waals surface area contributed by atoms with E-state index in [1.165, 1.54) is 17.1 Å². The third-order valence-corrected chi connectivity index (χ3v) is 6.58.